The first-order valence-corrected chi connectivity index (χ1v) is 9.19. The molecule has 1 rings (SSSR count). The van der Waals surface area contributed by atoms with Gasteiger partial charge in [0.05, 0.1) is 5.02 Å². The molecule has 0 heterocycles. The van der Waals surface area contributed by atoms with Gasteiger partial charge in [-0.15, -0.1) is 0 Å². The largest absolute Gasteiger partial charge is 0.439 e. The Labute approximate surface area is 125 Å². The van der Waals surface area contributed by atoms with Gasteiger partial charge in [-0.05, 0) is 35.8 Å². The Kier molecular flexibility index (Phi) is 6.39. The summed E-state index contributed by atoms with van der Waals surface area (Å²) in [5.41, 5.74) is 1.64. The molecule has 0 aliphatic rings. The van der Waals surface area contributed by atoms with E-state index >= 15 is 0 Å². The van der Waals surface area contributed by atoms with Crippen molar-refractivity contribution < 1.29 is 13.6 Å². The summed E-state index contributed by atoms with van der Waals surface area (Å²) in [4.78, 5) is 0. The van der Waals surface area contributed by atoms with Gasteiger partial charge < -0.3 is 4.52 Å². The maximum atomic E-state index is 12.0. The Morgan fingerprint density at radius 2 is 2.11 bits per heavy atom. The van der Waals surface area contributed by atoms with Crippen molar-refractivity contribution in [3.05, 3.63) is 39.3 Å². The molecule has 0 aromatic heterocycles. The number of hydrogen-bond donors (Lipinski definition) is 0. The van der Waals surface area contributed by atoms with Crippen LogP contribution in [0.4, 0.5) is 0 Å². The SMILES string of the molecule is COP(=O)(OC(=CCl)c1ccc(Cl)cc1Cl)SC. The number of halogens is 3. The number of hydrogen-bond acceptors (Lipinski definition) is 4. The minimum atomic E-state index is -3.28. The average molecular weight is 348 g/mol. The zero-order valence-corrected chi connectivity index (χ0v) is 13.5. The fourth-order valence-corrected chi connectivity index (χ4v) is 3.41. The third-order valence-corrected chi connectivity index (χ3v) is 6.03. The van der Waals surface area contributed by atoms with Crippen LogP contribution in [0.1, 0.15) is 5.56 Å². The third-order valence-electron chi connectivity index (χ3n) is 1.95. The lowest BCUT2D eigenvalue weighted by Crippen LogP contribution is -1.92. The number of benzene rings is 1. The highest BCUT2D eigenvalue weighted by Gasteiger charge is 2.25. The normalized spacial score (nSPS) is 15.3. The van der Waals surface area contributed by atoms with Crippen LogP contribution in [-0.2, 0) is 13.6 Å². The van der Waals surface area contributed by atoms with E-state index in [1.54, 1.807) is 24.5 Å². The molecule has 1 aromatic rings. The van der Waals surface area contributed by atoms with Gasteiger partial charge >= 0.3 is 6.80 Å². The van der Waals surface area contributed by atoms with E-state index in [9.17, 15) is 4.57 Å². The molecule has 18 heavy (non-hydrogen) atoms. The summed E-state index contributed by atoms with van der Waals surface area (Å²) in [7, 11) is 1.30. The van der Waals surface area contributed by atoms with Crippen molar-refractivity contribution in [1.29, 1.82) is 0 Å². The van der Waals surface area contributed by atoms with Crippen LogP contribution in [0.2, 0.25) is 10.0 Å². The zero-order chi connectivity index (χ0) is 13.8. The van der Waals surface area contributed by atoms with Crippen LogP contribution >= 0.6 is 53.0 Å². The second kappa shape index (κ2) is 7.09. The van der Waals surface area contributed by atoms with Crippen molar-refractivity contribution in [2.45, 2.75) is 0 Å². The Bertz CT molecular complexity index is 499. The van der Waals surface area contributed by atoms with Crippen molar-refractivity contribution in [3.63, 3.8) is 0 Å². The van der Waals surface area contributed by atoms with Crippen LogP contribution in [0, 0.1) is 0 Å². The average Bonchev–Trinajstić information content (AvgIpc) is 2.36. The summed E-state index contributed by atoms with van der Waals surface area (Å²) in [6, 6.07) is 4.79. The van der Waals surface area contributed by atoms with Gasteiger partial charge in [-0.2, -0.15) is 0 Å². The Morgan fingerprint density at radius 1 is 1.44 bits per heavy atom. The number of rotatable bonds is 5. The molecule has 0 N–H and O–H groups in total. The second-order valence-corrected chi connectivity index (χ2v) is 8.31. The lowest BCUT2D eigenvalue weighted by atomic mass is 10.2. The highest BCUT2D eigenvalue weighted by molar-refractivity contribution is 8.54. The third kappa shape index (κ3) is 4.09. The minimum Gasteiger partial charge on any atom is -0.415 e. The molecule has 1 aromatic carbocycles. The zero-order valence-electron chi connectivity index (χ0n) is 9.52. The van der Waals surface area contributed by atoms with Crippen LogP contribution in [-0.4, -0.2) is 13.4 Å². The lowest BCUT2D eigenvalue weighted by molar-refractivity contribution is 0.330. The fourth-order valence-electron chi connectivity index (χ4n) is 1.09. The molecule has 1 atom stereocenters. The Morgan fingerprint density at radius 3 is 2.56 bits per heavy atom. The molecule has 0 fully saturated rings. The maximum Gasteiger partial charge on any atom is 0.439 e. The van der Waals surface area contributed by atoms with E-state index in [0.717, 1.165) is 16.9 Å². The molecule has 0 amide bonds. The molecule has 100 valence electrons. The molecule has 0 aliphatic carbocycles. The molecular formula is C10H10Cl3O3PS. The van der Waals surface area contributed by atoms with E-state index in [1.807, 2.05) is 0 Å². The van der Waals surface area contributed by atoms with Crippen LogP contribution in [0.5, 0.6) is 0 Å². The van der Waals surface area contributed by atoms with E-state index in [0.29, 0.717) is 15.6 Å². The van der Waals surface area contributed by atoms with Crippen LogP contribution in [0.3, 0.4) is 0 Å². The highest BCUT2D eigenvalue weighted by atomic mass is 35.5. The molecule has 0 radical (unpaired) electrons. The quantitative estimate of drug-likeness (QED) is 0.508. The van der Waals surface area contributed by atoms with Crippen LogP contribution in [0.25, 0.3) is 5.76 Å². The van der Waals surface area contributed by atoms with Gasteiger partial charge in [0.15, 0.2) is 0 Å². The van der Waals surface area contributed by atoms with Crippen LogP contribution in [0.15, 0.2) is 23.7 Å². The summed E-state index contributed by atoms with van der Waals surface area (Å²) in [5, 5.41) is 0.829. The summed E-state index contributed by atoms with van der Waals surface area (Å²) in [6.07, 6.45) is 1.61. The molecule has 3 nitrogen and oxygen atoms in total. The summed E-state index contributed by atoms with van der Waals surface area (Å²) in [6.45, 7) is -3.28. The molecular weight excluding hydrogens is 338 g/mol. The predicted octanol–water partition coefficient (Wildman–Crippen LogP) is 5.66. The molecule has 1 unspecified atom stereocenters. The first kappa shape index (κ1) is 16.2. The summed E-state index contributed by atoms with van der Waals surface area (Å²) < 4.78 is 22.1. The van der Waals surface area contributed by atoms with Gasteiger partial charge in [0.25, 0.3) is 0 Å². The fraction of sp³-hybridized carbons (Fsp3) is 0.200. The standard InChI is InChI=1S/C10H10Cl3O3PS/c1-15-17(14,18-2)16-10(6-11)8-4-3-7(12)5-9(8)13/h3-6H,1-2H3. The maximum absolute atomic E-state index is 12.0. The summed E-state index contributed by atoms with van der Waals surface area (Å²) >= 11 is 18.4. The van der Waals surface area contributed by atoms with E-state index in [1.165, 1.54) is 7.11 Å². The Balaban J connectivity index is 3.09. The topological polar surface area (TPSA) is 35.5 Å². The van der Waals surface area contributed by atoms with Gasteiger partial charge in [-0.1, -0.05) is 34.8 Å². The van der Waals surface area contributed by atoms with E-state index in [2.05, 4.69) is 0 Å². The first-order chi connectivity index (χ1) is 8.45. The van der Waals surface area contributed by atoms with Gasteiger partial charge in [-0.25, -0.2) is 4.57 Å². The Hall–Kier alpha value is 0.170. The molecule has 0 saturated carbocycles. The second-order valence-electron chi connectivity index (χ2n) is 3.00. The van der Waals surface area contributed by atoms with E-state index in [4.69, 9.17) is 43.9 Å². The van der Waals surface area contributed by atoms with Crippen molar-refractivity contribution in [2.75, 3.05) is 13.4 Å². The van der Waals surface area contributed by atoms with Gasteiger partial charge in [0.2, 0.25) is 0 Å². The smallest absolute Gasteiger partial charge is 0.415 e. The van der Waals surface area contributed by atoms with Gasteiger partial charge in [-0.3, -0.25) is 4.52 Å². The molecule has 8 heteroatoms. The molecule has 0 bridgehead atoms. The minimum absolute atomic E-state index is 0.165. The van der Waals surface area contributed by atoms with Crippen molar-refractivity contribution >= 4 is 58.7 Å². The summed E-state index contributed by atoms with van der Waals surface area (Å²) in [5.74, 6) is 0.165. The highest BCUT2D eigenvalue weighted by Crippen LogP contribution is 2.61. The molecule has 0 saturated heterocycles. The van der Waals surface area contributed by atoms with Crippen molar-refractivity contribution in [1.82, 2.24) is 0 Å². The van der Waals surface area contributed by atoms with Crippen molar-refractivity contribution in [3.8, 4) is 0 Å². The first-order valence-electron chi connectivity index (χ1n) is 4.62. The predicted molar refractivity (Wildman–Crippen MR) is 79.5 cm³/mol. The van der Waals surface area contributed by atoms with Gasteiger partial charge in [0, 0.05) is 23.2 Å². The monoisotopic (exact) mass is 346 g/mol. The van der Waals surface area contributed by atoms with E-state index < -0.39 is 6.80 Å². The van der Waals surface area contributed by atoms with E-state index in [-0.39, 0.29) is 5.76 Å². The van der Waals surface area contributed by atoms with Crippen molar-refractivity contribution in [2.24, 2.45) is 0 Å². The van der Waals surface area contributed by atoms with Crippen LogP contribution < -0.4 is 0 Å². The van der Waals surface area contributed by atoms with Gasteiger partial charge in [0.1, 0.15) is 5.76 Å². The molecule has 0 spiro atoms. The lowest BCUT2D eigenvalue weighted by Gasteiger charge is -2.17. The molecule has 0 aliphatic heterocycles.